The Morgan fingerprint density at radius 1 is 1.07 bits per heavy atom. The van der Waals surface area contributed by atoms with Crippen molar-refractivity contribution in [2.45, 2.75) is 6.92 Å². The molecule has 0 spiro atoms. The summed E-state index contributed by atoms with van der Waals surface area (Å²) in [6, 6.07) is 10.2. The first kappa shape index (κ1) is 17.5. The van der Waals surface area contributed by atoms with Crippen LogP contribution in [0.3, 0.4) is 0 Å². The van der Waals surface area contributed by atoms with Gasteiger partial charge in [0.15, 0.2) is 5.65 Å². The Balaban J connectivity index is 1.89. The number of nitrogen functional groups attached to an aromatic ring is 1. The number of likely N-dealkylation sites (N-methyl/N-ethyl adjacent to an activating group) is 1. The fraction of sp³-hybridized carbons (Fsp3) is 0.350. The number of hydrogen-bond acceptors (Lipinski definition) is 7. The number of pyridine rings is 1. The number of anilines is 2. The lowest BCUT2D eigenvalue weighted by atomic mass is 10.0. The van der Waals surface area contributed by atoms with Gasteiger partial charge in [0.25, 0.3) is 0 Å². The maximum atomic E-state index is 5.88. The zero-order chi connectivity index (χ0) is 18.8. The summed E-state index contributed by atoms with van der Waals surface area (Å²) in [5.74, 6) is 2.01. The summed E-state index contributed by atoms with van der Waals surface area (Å²) in [7, 11) is 2.14. The molecule has 0 amide bonds. The van der Waals surface area contributed by atoms with E-state index in [1.807, 2.05) is 25.1 Å². The number of piperazine rings is 1. The van der Waals surface area contributed by atoms with E-state index in [4.69, 9.17) is 15.5 Å². The number of aromatic nitrogens is 3. The minimum absolute atomic E-state index is 0.238. The summed E-state index contributed by atoms with van der Waals surface area (Å²) in [5.41, 5.74) is 8.46. The van der Waals surface area contributed by atoms with Crippen LogP contribution < -0.4 is 15.4 Å². The fourth-order valence-corrected chi connectivity index (χ4v) is 3.40. The summed E-state index contributed by atoms with van der Waals surface area (Å²) in [4.78, 5) is 18.0. The lowest BCUT2D eigenvalue weighted by Gasteiger charge is -2.34. The molecule has 1 aromatic carbocycles. The summed E-state index contributed by atoms with van der Waals surface area (Å²) < 4.78 is 5.88. The summed E-state index contributed by atoms with van der Waals surface area (Å²) in [6.07, 6.45) is 1.73. The van der Waals surface area contributed by atoms with Crippen LogP contribution in [0.2, 0.25) is 0 Å². The van der Waals surface area contributed by atoms with Crippen molar-refractivity contribution < 1.29 is 4.74 Å². The van der Waals surface area contributed by atoms with E-state index in [0.29, 0.717) is 12.3 Å². The van der Waals surface area contributed by atoms with Crippen LogP contribution in [0, 0.1) is 0 Å². The second-order valence-electron chi connectivity index (χ2n) is 6.72. The number of nitrogens with two attached hydrogens (primary N) is 1. The van der Waals surface area contributed by atoms with Gasteiger partial charge in [-0.05, 0) is 26.1 Å². The van der Waals surface area contributed by atoms with Crippen LogP contribution in [0.15, 0.2) is 36.5 Å². The molecule has 1 fully saturated rings. The predicted octanol–water partition coefficient (Wildman–Crippen LogP) is 2.42. The molecule has 0 bridgehead atoms. The number of para-hydroxylation sites is 1. The van der Waals surface area contributed by atoms with E-state index in [2.05, 4.69) is 38.9 Å². The first-order chi connectivity index (χ1) is 13.2. The molecule has 0 aliphatic carbocycles. The SMILES string of the molecule is CCOc1ccccc1-c1cc2cnc(N)nc2nc1N1CCN(C)CC1. The van der Waals surface area contributed by atoms with Gasteiger partial charge in [-0.25, -0.2) is 9.97 Å². The molecule has 0 atom stereocenters. The van der Waals surface area contributed by atoms with E-state index in [1.165, 1.54) is 0 Å². The van der Waals surface area contributed by atoms with Gasteiger partial charge < -0.3 is 20.3 Å². The Morgan fingerprint density at radius 3 is 2.63 bits per heavy atom. The van der Waals surface area contributed by atoms with Crippen LogP contribution in [-0.2, 0) is 0 Å². The molecule has 4 rings (SSSR count). The number of hydrogen-bond donors (Lipinski definition) is 1. The zero-order valence-corrected chi connectivity index (χ0v) is 15.7. The number of ether oxygens (including phenoxy) is 1. The van der Waals surface area contributed by atoms with Crippen molar-refractivity contribution in [1.82, 2.24) is 19.9 Å². The van der Waals surface area contributed by atoms with Gasteiger partial charge in [-0.3, -0.25) is 0 Å². The molecule has 2 N–H and O–H groups in total. The third-order valence-corrected chi connectivity index (χ3v) is 4.85. The van der Waals surface area contributed by atoms with Crippen molar-refractivity contribution in [3.63, 3.8) is 0 Å². The molecule has 3 aromatic rings. The zero-order valence-electron chi connectivity index (χ0n) is 15.7. The van der Waals surface area contributed by atoms with E-state index in [-0.39, 0.29) is 5.95 Å². The highest BCUT2D eigenvalue weighted by molar-refractivity contribution is 5.89. The summed E-state index contributed by atoms with van der Waals surface area (Å²) in [5, 5.41) is 0.864. The third kappa shape index (κ3) is 3.50. The first-order valence-electron chi connectivity index (χ1n) is 9.24. The molecular formula is C20H24N6O. The lowest BCUT2D eigenvalue weighted by molar-refractivity contribution is 0.312. The van der Waals surface area contributed by atoms with E-state index in [1.54, 1.807) is 6.20 Å². The third-order valence-electron chi connectivity index (χ3n) is 4.85. The molecule has 0 unspecified atom stereocenters. The standard InChI is InChI=1S/C20H24N6O/c1-3-27-17-7-5-4-6-15(17)16-12-14-13-22-20(21)24-18(14)23-19(16)26-10-8-25(2)9-11-26/h4-7,12-13H,3,8-11H2,1-2H3,(H2,21,22,23,24). The molecule has 3 heterocycles. The van der Waals surface area contributed by atoms with Crippen molar-refractivity contribution in [2.24, 2.45) is 0 Å². The van der Waals surface area contributed by atoms with Crippen molar-refractivity contribution in [2.75, 3.05) is 50.5 Å². The Labute approximate surface area is 158 Å². The molecule has 27 heavy (non-hydrogen) atoms. The molecule has 0 saturated carbocycles. The highest BCUT2D eigenvalue weighted by Crippen LogP contribution is 2.37. The van der Waals surface area contributed by atoms with Crippen molar-refractivity contribution in [3.8, 4) is 16.9 Å². The Morgan fingerprint density at radius 2 is 1.85 bits per heavy atom. The Hall–Kier alpha value is -2.93. The number of benzene rings is 1. The van der Waals surface area contributed by atoms with Gasteiger partial charge in [0.2, 0.25) is 5.95 Å². The smallest absolute Gasteiger partial charge is 0.222 e. The van der Waals surface area contributed by atoms with Crippen molar-refractivity contribution >= 4 is 22.8 Å². The van der Waals surface area contributed by atoms with Crippen LogP contribution in [0.25, 0.3) is 22.2 Å². The topological polar surface area (TPSA) is 80.4 Å². The van der Waals surface area contributed by atoms with E-state index in [9.17, 15) is 0 Å². The molecule has 2 aromatic heterocycles. The highest BCUT2D eigenvalue weighted by Gasteiger charge is 2.22. The van der Waals surface area contributed by atoms with Gasteiger partial charge in [0.05, 0.1) is 6.61 Å². The fourth-order valence-electron chi connectivity index (χ4n) is 3.40. The summed E-state index contributed by atoms with van der Waals surface area (Å²) >= 11 is 0. The molecule has 0 radical (unpaired) electrons. The molecule has 140 valence electrons. The van der Waals surface area contributed by atoms with Crippen LogP contribution in [0.4, 0.5) is 11.8 Å². The van der Waals surface area contributed by atoms with E-state index < -0.39 is 0 Å². The molecule has 1 saturated heterocycles. The minimum Gasteiger partial charge on any atom is -0.493 e. The maximum absolute atomic E-state index is 5.88. The number of nitrogens with zero attached hydrogens (tertiary/aromatic N) is 5. The molecule has 1 aliphatic rings. The van der Waals surface area contributed by atoms with E-state index in [0.717, 1.165) is 54.3 Å². The van der Waals surface area contributed by atoms with Crippen LogP contribution in [-0.4, -0.2) is 59.7 Å². The quantitative estimate of drug-likeness (QED) is 0.761. The average molecular weight is 364 g/mol. The summed E-state index contributed by atoms with van der Waals surface area (Å²) in [6.45, 7) is 6.43. The first-order valence-corrected chi connectivity index (χ1v) is 9.24. The van der Waals surface area contributed by atoms with Gasteiger partial charge in [-0.2, -0.15) is 4.98 Å². The molecule has 7 heteroatoms. The highest BCUT2D eigenvalue weighted by atomic mass is 16.5. The lowest BCUT2D eigenvalue weighted by Crippen LogP contribution is -2.45. The number of rotatable bonds is 4. The van der Waals surface area contributed by atoms with Gasteiger partial charge in [0, 0.05) is 48.9 Å². The Kier molecular flexibility index (Phi) is 4.77. The normalized spacial score (nSPS) is 15.3. The van der Waals surface area contributed by atoms with Crippen molar-refractivity contribution in [3.05, 3.63) is 36.5 Å². The van der Waals surface area contributed by atoms with Gasteiger partial charge >= 0.3 is 0 Å². The van der Waals surface area contributed by atoms with Crippen LogP contribution >= 0.6 is 0 Å². The second-order valence-corrected chi connectivity index (χ2v) is 6.72. The maximum Gasteiger partial charge on any atom is 0.222 e. The molecule has 7 nitrogen and oxygen atoms in total. The van der Waals surface area contributed by atoms with Crippen LogP contribution in [0.1, 0.15) is 6.92 Å². The Bertz CT molecular complexity index is 952. The van der Waals surface area contributed by atoms with Crippen LogP contribution in [0.5, 0.6) is 5.75 Å². The molecule has 1 aliphatic heterocycles. The van der Waals surface area contributed by atoms with E-state index >= 15 is 0 Å². The minimum atomic E-state index is 0.238. The largest absolute Gasteiger partial charge is 0.493 e. The van der Waals surface area contributed by atoms with Gasteiger partial charge in [0.1, 0.15) is 11.6 Å². The predicted molar refractivity (Wildman–Crippen MR) is 108 cm³/mol. The molecular weight excluding hydrogens is 340 g/mol. The van der Waals surface area contributed by atoms with Gasteiger partial charge in [-0.15, -0.1) is 0 Å². The van der Waals surface area contributed by atoms with Gasteiger partial charge in [-0.1, -0.05) is 18.2 Å². The average Bonchev–Trinajstić information content (AvgIpc) is 2.68. The number of fused-ring (bicyclic) bond motifs is 1. The monoisotopic (exact) mass is 364 g/mol. The van der Waals surface area contributed by atoms with Crippen molar-refractivity contribution in [1.29, 1.82) is 0 Å². The second kappa shape index (κ2) is 7.36.